The van der Waals surface area contributed by atoms with E-state index in [1.54, 1.807) is 7.11 Å². The standard InChI is InChI=1S/C10H12BrNO/c1-13-8-2-3-10(11)9(4-8)7-5-12-6-7/h2-4,7,12H,5-6H2,1H3. The summed E-state index contributed by atoms with van der Waals surface area (Å²) in [6.45, 7) is 2.15. The van der Waals surface area contributed by atoms with Crippen LogP contribution >= 0.6 is 15.9 Å². The Morgan fingerprint density at radius 3 is 2.77 bits per heavy atom. The Hall–Kier alpha value is -0.540. The summed E-state index contributed by atoms with van der Waals surface area (Å²) in [6, 6.07) is 6.13. The maximum Gasteiger partial charge on any atom is 0.119 e. The molecule has 2 rings (SSSR count). The molecule has 0 saturated carbocycles. The summed E-state index contributed by atoms with van der Waals surface area (Å²) in [6.07, 6.45) is 0. The second-order valence-electron chi connectivity index (χ2n) is 3.24. The molecule has 1 aromatic rings. The lowest BCUT2D eigenvalue weighted by molar-refractivity contribution is 0.409. The van der Waals surface area contributed by atoms with Gasteiger partial charge >= 0.3 is 0 Å². The molecule has 0 aromatic heterocycles. The van der Waals surface area contributed by atoms with Gasteiger partial charge in [0.1, 0.15) is 5.75 Å². The zero-order valence-corrected chi connectivity index (χ0v) is 9.10. The van der Waals surface area contributed by atoms with Crippen LogP contribution in [0, 0.1) is 0 Å². The number of ether oxygens (including phenoxy) is 1. The van der Waals surface area contributed by atoms with Crippen molar-refractivity contribution in [2.45, 2.75) is 5.92 Å². The fourth-order valence-corrected chi connectivity index (χ4v) is 2.04. The van der Waals surface area contributed by atoms with E-state index in [0.717, 1.165) is 18.8 Å². The van der Waals surface area contributed by atoms with E-state index in [1.165, 1.54) is 10.0 Å². The van der Waals surface area contributed by atoms with Crippen LogP contribution in [-0.4, -0.2) is 20.2 Å². The second kappa shape index (κ2) is 3.68. The van der Waals surface area contributed by atoms with Crippen LogP contribution < -0.4 is 10.1 Å². The molecule has 3 heteroatoms. The van der Waals surface area contributed by atoms with Crippen LogP contribution in [0.1, 0.15) is 11.5 Å². The van der Waals surface area contributed by atoms with Gasteiger partial charge in [0.15, 0.2) is 0 Å². The molecule has 1 aromatic carbocycles. The molecule has 13 heavy (non-hydrogen) atoms. The molecule has 1 aliphatic heterocycles. The summed E-state index contributed by atoms with van der Waals surface area (Å²) in [5.74, 6) is 1.58. The smallest absolute Gasteiger partial charge is 0.119 e. The fourth-order valence-electron chi connectivity index (χ4n) is 1.47. The van der Waals surface area contributed by atoms with Crippen LogP contribution in [0.25, 0.3) is 0 Å². The van der Waals surface area contributed by atoms with Crippen molar-refractivity contribution in [1.29, 1.82) is 0 Å². The Morgan fingerprint density at radius 2 is 2.23 bits per heavy atom. The van der Waals surface area contributed by atoms with E-state index < -0.39 is 0 Å². The lowest BCUT2D eigenvalue weighted by Gasteiger charge is -2.28. The van der Waals surface area contributed by atoms with Crippen molar-refractivity contribution in [2.24, 2.45) is 0 Å². The van der Waals surface area contributed by atoms with Crippen LogP contribution in [0.5, 0.6) is 5.75 Å². The Morgan fingerprint density at radius 1 is 1.46 bits per heavy atom. The Balaban J connectivity index is 2.30. The van der Waals surface area contributed by atoms with Gasteiger partial charge in [-0.05, 0) is 23.8 Å². The lowest BCUT2D eigenvalue weighted by Crippen LogP contribution is -2.40. The van der Waals surface area contributed by atoms with Crippen LogP contribution in [-0.2, 0) is 0 Å². The van der Waals surface area contributed by atoms with Crippen LogP contribution in [0.3, 0.4) is 0 Å². The van der Waals surface area contributed by atoms with Crippen molar-refractivity contribution in [2.75, 3.05) is 20.2 Å². The largest absolute Gasteiger partial charge is 0.497 e. The Bertz CT molecular complexity index is 310. The molecule has 1 aliphatic rings. The minimum Gasteiger partial charge on any atom is -0.497 e. The Kier molecular flexibility index (Phi) is 2.56. The monoisotopic (exact) mass is 241 g/mol. The van der Waals surface area contributed by atoms with Crippen LogP contribution in [0.2, 0.25) is 0 Å². The van der Waals surface area contributed by atoms with Gasteiger partial charge in [-0.25, -0.2) is 0 Å². The first-order valence-electron chi connectivity index (χ1n) is 4.35. The van der Waals surface area contributed by atoms with Gasteiger partial charge in [0, 0.05) is 23.5 Å². The molecule has 1 N–H and O–H groups in total. The molecule has 1 saturated heterocycles. The first kappa shape index (κ1) is 9.03. The Labute approximate surface area is 86.4 Å². The number of hydrogen-bond donors (Lipinski definition) is 1. The highest BCUT2D eigenvalue weighted by molar-refractivity contribution is 9.10. The number of rotatable bonds is 2. The van der Waals surface area contributed by atoms with Crippen LogP contribution in [0.4, 0.5) is 0 Å². The third kappa shape index (κ3) is 1.71. The molecule has 0 unspecified atom stereocenters. The molecule has 0 atom stereocenters. The van der Waals surface area contributed by atoms with E-state index in [9.17, 15) is 0 Å². The molecule has 0 aliphatic carbocycles. The highest BCUT2D eigenvalue weighted by Crippen LogP contribution is 2.30. The zero-order chi connectivity index (χ0) is 9.26. The van der Waals surface area contributed by atoms with E-state index in [2.05, 4.69) is 27.3 Å². The SMILES string of the molecule is COc1ccc(Br)c(C2CNC2)c1. The first-order chi connectivity index (χ1) is 6.31. The van der Waals surface area contributed by atoms with E-state index in [-0.39, 0.29) is 0 Å². The van der Waals surface area contributed by atoms with E-state index in [0.29, 0.717) is 5.92 Å². The van der Waals surface area contributed by atoms with Gasteiger partial charge in [-0.3, -0.25) is 0 Å². The molecular weight excluding hydrogens is 230 g/mol. The average molecular weight is 242 g/mol. The highest BCUT2D eigenvalue weighted by Gasteiger charge is 2.21. The molecule has 0 bridgehead atoms. The lowest BCUT2D eigenvalue weighted by atomic mass is 9.94. The molecule has 0 amide bonds. The minimum absolute atomic E-state index is 0.643. The van der Waals surface area contributed by atoms with Crippen molar-refractivity contribution < 1.29 is 4.74 Å². The molecule has 0 spiro atoms. The normalized spacial score (nSPS) is 16.8. The van der Waals surface area contributed by atoms with Gasteiger partial charge < -0.3 is 10.1 Å². The summed E-state index contributed by atoms with van der Waals surface area (Å²) < 4.78 is 6.37. The molecular formula is C10H12BrNO. The minimum atomic E-state index is 0.643. The predicted molar refractivity (Wildman–Crippen MR) is 56.3 cm³/mol. The summed E-state index contributed by atoms with van der Waals surface area (Å²) in [7, 11) is 1.70. The van der Waals surface area contributed by atoms with E-state index in [4.69, 9.17) is 4.74 Å². The third-order valence-electron chi connectivity index (χ3n) is 2.42. The van der Waals surface area contributed by atoms with Crippen molar-refractivity contribution >= 4 is 15.9 Å². The maximum absolute atomic E-state index is 5.19. The molecule has 1 fully saturated rings. The van der Waals surface area contributed by atoms with Crippen LogP contribution in [0.15, 0.2) is 22.7 Å². The van der Waals surface area contributed by atoms with Gasteiger partial charge in [0.2, 0.25) is 0 Å². The van der Waals surface area contributed by atoms with Crippen molar-refractivity contribution in [1.82, 2.24) is 5.32 Å². The summed E-state index contributed by atoms with van der Waals surface area (Å²) >= 11 is 3.55. The molecule has 70 valence electrons. The van der Waals surface area contributed by atoms with E-state index in [1.807, 2.05) is 12.1 Å². The molecule has 2 nitrogen and oxygen atoms in total. The summed E-state index contributed by atoms with van der Waals surface area (Å²) in [5.41, 5.74) is 1.35. The fraction of sp³-hybridized carbons (Fsp3) is 0.400. The number of hydrogen-bond acceptors (Lipinski definition) is 2. The number of methoxy groups -OCH3 is 1. The zero-order valence-electron chi connectivity index (χ0n) is 7.51. The van der Waals surface area contributed by atoms with Gasteiger partial charge in [-0.1, -0.05) is 15.9 Å². The van der Waals surface area contributed by atoms with Crippen molar-refractivity contribution in [3.8, 4) is 5.75 Å². The van der Waals surface area contributed by atoms with Gasteiger partial charge in [0.25, 0.3) is 0 Å². The average Bonchev–Trinajstić information content (AvgIpc) is 2.06. The number of nitrogens with one attached hydrogen (secondary N) is 1. The quantitative estimate of drug-likeness (QED) is 0.857. The number of benzene rings is 1. The summed E-state index contributed by atoms with van der Waals surface area (Å²) in [5, 5.41) is 3.26. The van der Waals surface area contributed by atoms with Gasteiger partial charge in [-0.15, -0.1) is 0 Å². The third-order valence-corrected chi connectivity index (χ3v) is 3.15. The highest BCUT2D eigenvalue weighted by atomic mass is 79.9. The molecule has 0 radical (unpaired) electrons. The summed E-state index contributed by atoms with van der Waals surface area (Å²) in [4.78, 5) is 0. The maximum atomic E-state index is 5.19. The van der Waals surface area contributed by atoms with Gasteiger partial charge in [-0.2, -0.15) is 0 Å². The van der Waals surface area contributed by atoms with Gasteiger partial charge in [0.05, 0.1) is 7.11 Å². The van der Waals surface area contributed by atoms with Crippen molar-refractivity contribution in [3.05, 3.63) is 28.2 Å². The van der Waals surface area contributed by atoms with E-state index >= 15 is 0 Å². The second-order valence-corrected chi connectivity index (χ2v) is 4.10. The van der Waals surface area contributed by atoms with Crippen molar-refractivity contribution in [3.63, 3.8) is 0 Å². The number of halogens is 1. The molecule has 1 heterocycles. The topological polar surface area (TPSA) is 21.3 Å². The first-order valence-corrected chi connectivity index (χ1v) is 5.14. The predicted octanol–water partition coefficient (Wildman–Crippen LogP) is 2.14.